The van der Waals surface area contributed by atoms with Gasteiger partial charge in [-0.3, -0.25) is 9.78 Å². The standard InChI is InChI=1S/C19H19N5O/c1-13-6-5-7-14(2)18(13)22-17-10-9-16(23-24-17)19(25)21-12-15-8-3-4-11-20-15/h3-11H,12H2,1-2H3,(H,21,25)(H,22,24). The normalized spacial score (nSPS) is 10.3. The first-order chi connectivity index (χ1) is 12.1. The summed E-state index contributed by atoms with van der Waals surface area (Å²) in [6.07, 6.45) is 1.69. The van der Waals surface area contributed by atoms with Crippen LogP contribution < -0.4 is 10.6 Å². The van der Waals surface area contributed by atoms with E-state index in [1.54, 1.807) is 18.3 Å². The van der Waals surface area contributed by atoms with Crippen molar-refractivity contribution in [3.63, 3.8) is 0 Å². The molecule has 126 valence electrons. The van der Waals surface area contributed by atoms with Gasteiger partial charge < -0.3 is 10.6 Å². The number of amides is 1. The number of rotatable bonds is 5. The Labute approximate surface area is 146 Å². The lowest BCUT2D eigenvalue weighted by Crippen LogP contribution is -2.24. The maximum atomic E-state index is 12.1. The number of benzene rings is 1. The fraction of sp³-hybridized carbons (Fsp3) is 0.158. The molecular formula is C19H19N5O. The molecule has 0 unspecified atom stereocenters. The number of carbonyl (C=O) groups is 1. The van der Waals surface area contributed by atoms with Crippen molar-refractivity contribution >= 4 is 17.4 Å². The van der Waals surface area contributed by atoms with Gasteiger partial charge in [-0.25, -0.2) is 0 Å². The molecule has 0 atom stereocenters. The number of pyridine rings is 1. The molecule has 0 fully saturated rings. The van der Waals surface area contributed by atoms with Crippen molar-refractivity contribution in [2.75, 3.05) is 5.32 Å². The van der Waals surface area contributed by atoms with Crippen LogP contribution in [0.2, 0.25) is 0 Å². The van der Waals surface area contributed by atoms with E-state index in [1.165, 1.54) is 0 Å². The molecule has 0 spiro atoms. The van der Waals surface area contributed by atoms with Crippen molar-refractivity contribution in [2.45, 2.75) is 20.4 Å². The Morgan fingerprint density at radius 2 is 1.76 bits per heavy atom. The number of nitrogens with zero attached hydrogens (tertiary/aromatic N) is 3. The van der Waals surface area contributed by atoms with Crippen LogP contribution in [0, 0.1) is 13.8 Å². The third-order valence-corrected chi connectivity index (χ3v) is 3.79. The van der Waals surface area contributed by atoms with E-state index in [9.17, 15) is 4.79 Å². The Balaban J connectivity index is 1.64. The summed E-state index contributed by atoms with van der Waals surface area (Å²) in [6, 6.07) is 15.0. The molecule has 1 amide bonds. The summed E-state index contributed by atoms with van der Waals surface area (Å²) in [4.78, 5) is 16.3. The molecule has 2 N–H and O–H groups in total. The SMILES string of the molecule is Cc1cccc(C)c1Nc1ccc(C(=O)NCc2ccccn2)nn1. The average Bonchev–Trinajstić information content (AvgIpc) is 2.64. The van der Waals surface area contributed by atoms with Gasteiger partial charge in [0.1, 0.15) is 0 Å². The van der Waals surface area contributed by atoms with E-state index < -0.39 is 0 Å². The molecule has 6 heteroatoms. The summed E-state index contributed by atoms with van der Waals surface area (Å²) in [7, 11) is 0. The summed E-state index contributed by atoms with van der Waals surface area (Å²) < 4.78 is 0. The van der Waals surface area contributed by atoms with Crippen molar-refractivity contribution in [3.8, 4) is 0 Å². The van der Waals surface area contributed by atoms with E-state index in [4.69, 9.17) is 0 Å². The molecule has 3 aromatic rings. The molecule has 6 nitrogen and oxygen atoms in total. The van der Waals surface area contributed by atoms with E-state index >= 15 is 0 Å². The second-order valence-corrected chi connectivity index (χ2v) is 5.70. The summed E-state index contributed by atoms with van der Waals surface area (Å²) in [5, 5.41) is 14.1. The van der Waals surface area contributed by atoms with E-state index in [0.717, 1.165) is 22.5 Å². The quantitative estimate of drug-likeness (QED) is 0.750. The van der Waals surface area contributed by atoms with Gasteiger partial charge in [-0.1, -0.05) is 24.3 Å². The van der Waals surface area contributed by atoms with Crippen molar-refractivity contribution in [1.82, 2.24) is 20.5 Å². The van der Waals surface area contributed by atoms with Gasteiger partial charge in [0.2, 0.25) is 0 Å². The fourth-order valence-corrected chi connectivity index (χ4v) is 2.42. The van der Waals surface area contributed by atoms with Crippen LogP contribution in [0.4, 0.5) is 11.5 Å². The minimum atomic E-state index is -0.281. The number of carbonyl (C=O) groups excluding carboxylic acids is 1. The minimum Gasteiger partial charge on any atom is -0.345 e. The van der Waals surface area contributed by atoms with Crippen LogP contribution in [-0.4, -0.2) is 21.1 Å². The van der Waals surface area contributed by atoms with Gasteiger partial charge >= 0.3 is 0 Å². The number of hydrogen-bond donors (Lipinski definition) is 2. The van der Waals surface area contributed by atoms with Crippen LogP contribution in [0.3, 0.4) is 0 Å². The Hall–Kier alpha value is -3.28. The van der Waals surface area contributed by atoms with Gasteiger partial charge in [-0.05, 0) is 49.2 Å². The van der Waals surface area contributed by atoms with Crippen LogP contribution in [0.15, 0.2) is 54.7 Å². The second kappa shape index (κ2) is 7.53. The highest BCUT2D eigenvalue weighted by molar-refractivity contribution is 5.92. The number of nitrogens with one attached hydrogen (secondary N) is 2. The minimum absolute atomic E-state index is 0.267. The maximum Gasteiger partial charge on any atom is 0.272 e. The van der Waals surface area contributed by atoms with Crippen LogP contribution >= 0.6 is 0 Å². The van der Waals surface area contributed by atoms with Gasteiger partial charge in [0.05, 0.1) is 12.2 Å². The largest absolute Gasteiger partial charge is 0.345 e. The van der Waals surface area contributed by atoms with Crippen LogP contribution in [-0.2, 0) is 6.54 Å². The number of para-hydroxylation sites is 1. The molecule has 2 aromatic heterocycles. The predicted octanol–water partition coefficient (Wildman–Crippen LogP) is 3.16. The first kappa shape index (κ1) is 16.6. The molecule has 0 saturated heterocycles. The van der Waals surface area contributed by atoms with Gasteiger partial charge in [0.25, 0.3) is 5.91 Å². The molecule has 0 aliphatic heterocycles. The van der Waals surface area contributed by atoms with Crippen LogP contribution in [0.25, 0.3) is 0 Å². The van der Waals surface area contributed by atoms with Crippen molar-refractivity contribution < 1.29 is 4.79 Å². The van der Waals surface area contributed by atoms with Gasteiger partial charge in [0, 0.05) is 11.9 Å². The average molecular weight is 333 g/mol. The Bertz CT molecular complexity index is 842. The third kappa shape index (κ3) is 4.17. The van der Waals surface area contributed by atoms with Crippen molar-refractivity contribution in [3.05, 3.63) is 77.2 Å². The zero-order valence-corrected chi connectivity index (χ0v) is 14.2. The zero-order chi connectivity index (χ0) is 17.6. The van der Waals surface area contributed by atoms with Gasteiger partial charge in [-0.15, -0.1) is 10.2 Å². The lowest BCUT2D eigenvalue weighted by molar-refractivity contribution is 0.0944. The van der Waals surface area contributed by atoms with E-state index in [1.807, 2.05) is 50.2 Å². The molecule has 1 aromatic carbocycles. The lowest BCUT2D eigenvalue weighted by atomic mass is 10.1. The van der Waals surface area contributed by atoms with E-state index in [2.05, 4.69) is 25.8 Å². The summed E-state index contributed by atoms with van der Waals surface area (Å²) >= 11 is 0. The smallest absolute Gasteiger partial charge is 0.272 e. The number of hydrogen-bond acceptors (Lipinski definition) is 5. The first-order valence-corrected chi connectivity index (χ1v) is 7.98. The molecule has 0 aliphatic carbocycles. The number of anilines is 2. The van der Waals surface area contributed by atoms with E-state index in [-0.39, 0.29) is 11.6 Å². The third-order valence-electron chi connectivity index (χ3n) is 3.79. The van der Waals surface area contributed by atoms with Crippen molar-refractivity contribution in [1.29, 1.82) is 0 Å². The second-order valence-electron chi connectivity index (χ2n) is 5.70. The Morgan fingerprint density at radius 1 is 0.960 bits per heavy atom. The Morgan fingerprint density at radius 3 is 2.40 bits per heavy atom. The zero-order valence-electron chi connectivity index (χ0n) is 14.2. The fourth-order valence-electron chi connectivity index (χ4n) is 2.42. The molecule has 0 bridgehead atoms. The van der Waals surface area contributed by atoms with Crippen molar-refractivity contribution in [2.24, 2.45) is 0 Å². The molecule has 2 heterocycles. The molecule has 0 radical (unpaired) electrons. The van der Waals surface area contributed by atoms with E-state index in [0.29, 0.717) is 12.4 Å². The number of aryl methyl sites for hydroxylation is 2. The summed E-state index contributed by atoms with van der Waals surface area (Å²) in [5.41, 5.74) is 4.31. The monoisotopic (exact) mass is 333 g/mol. The highest BCUT2D eigenvalue weighted by Gasteiger charge is 2.09. The topological polar surface area (TPSA) is 79.8 Å². The predicted molar refractivity (Wildman–Crippen MR) is 96.6 cm³/mol. The molecule has 25 heavy (non-hydrogen) atoms. The van der Waals surface area contributed by atoms with Crippen LogP contribution in [0.5, 0.6) is 0 Å². The molecule has 0 aliphatic rings. The van der Waals surface area contributed by atoms with Gasteiger partial charge in [0.15, 0.2) is 11.5 Å². The molecule has 3 rings (SSSR count). The first-order valence-electron chi connectivity index (χ1n) is 7.98. The van der Waals surface area contributed by atoms with Gasteiger partial charge in [-0.2, -0.15) is 0 Å². The lowest BCUT2D eigenvalue weighted by Gasteiger charge is -2.11. The number of aromatic nitrogens is 3. The summed E-state index contributed by atoms with van der Waals surface area (Å²) in [5.74, 6) is 0.315. The molecular weight excluding hydrogens is 314 g/mol. The Kier molecular flexibility index (Phi) is 4.99. The highest BCUT2D eigenvalue weighted by Crippen LogP contribution is 2.22. The molecule has 0 saturated carbocycles. The maximum absolute atomic E-state index is 12.1. The van der Waals surface area contributed by atoms with Crippen LogP contribution in [0.1, 0.15) is 27.3 Å². The highest BCUT2D eigenvalue weighted by atomic mass is 16.1. The summed E-state index contributed by atoms with van der Waals surface area (Å²) in [6.45, 7) is 4.41.